The van der Waals surface area contributed by atoms with E-state index >= 15 is 0 Å². The second-order valence-corrected chi connectivity index (χ2v) is 11.4. The number of carbonyl (C=O) groups is 1. The molecule has 0 aliphatic rings. The molecular weight excluding hydrogens is 431 g/mol. The molecule has 2 rings (SSSR count). The molecule has 0 spiro atoms. The summed E-state index contributed by atoms with van der Waals surface area (Å²) in [5, 5.41) is 1.16. The summed E-state index contributed by atoms with van der Waals surface area (Å²) in [5.74, 6) is -1.29. The zero-order chi connectivity index (χ0) is 22.7. The molecule has 1 amide bonds. The maximum absolute atomic E-state index is 13.0. The molecule has 2 aromatic carbocycles. The monoisotopic (exact) mass is 456 g/mol. The Bertz CT molecular complexity index is 1100. The van der Waals surface area contributed by atoms with Crippen molar-refractivity contribution in [2.45, 2.75) is 48.4 Å². The molecule has 164 valence electrons. The van der Waals surface area contributed by atoms with Crippen LogP contribution in [0.3, 0.4) is 0 Å². The molecule has 1 atom stereocenters. The van der Waals surface area contributed by atoms with Gasteiger partial charge in [0.15, 0.2) is 9.84 Å². The predicted octanol–water partition coefficient (Wildman–Crippen LogP) is 2.33. The number of carbonyl (C=O) groups excluding carboxylic acids is 1. The highest BCUT2D eigenvalue weighted by Crippen LogP contribution is 2.18. The summed E-state index contributed by atoms with van der Waals surface area (Å²) in [6, 6.07) is 10.1. The van der Waals surface area contributed by atoms with Gasteiger partial charge in [0.05, 0.1) is 9.79 Å². The van der Waals surface area contributed by atoms with E-state index in [2.05, 4.69) is 5.32 Å². The highest BCUT2D eigenvalue weighted by molar-refractivity contribution is 7.92. The van der Waals surface area contributed by atoms with Crippen molar-refractivity contribution in [2.75, 3.05) is 7.05 Å². The molecule has 7 nitrogen and oxygen atoms in total. The van der Waals surface area contributed by atoms with Gasteiger partial charge in [-0.05, 0) is 62.7 Å². The summed E-state index contributed by atoms with van der Waals surface area (Å²) in [6.45, 7) is 4.82. The number of sulfone groups is 1. The number of nitrogens with one attached hydrogen (secondary N) is 1. The van der Waals surface area contributed by atoms with Gasteiger partial charge in [-0.2, -0.15) is 4.31 Å². The Kier molecular flexibility index (Phi) is 7.38. The van der Waals surface area contributed by atoms with Crippen molar-refractivity contribution in [2.24, 2.45) is 0 Å². The van der Waals surface area contributed by atoms with E-state index in [1.165, 1.54) is 30.4 Å². The van der Waals surface area contributed by atoms with Gasteiger partial charge < -0.3 is 5.32 Å². The zero-order valence-corrected chi connectivity index (χ0v) is 18.8. The third-order valence-electron chi connectivity index (χ3n) is 4.77. The number of sulfonamides is 1. The van der Waals surface area contributed by atoms with E-state index in [9.17, 15) is 26.0 Å². The average Bonchev–Trinajstić information content (AvgIpc) is 2.71. The molecule has 0 saturated heterocycles. The second kappa shape index (κ2) is 9.23. The van der Waals surface area contributed by atoms with Crippen molar-refractivity contribution in [3.8, 4) is 0 Å². The highest BCUT2D eigenvalue weighted by Gasteiger charge is 2.29. The molecule has 0 aromatic heterocycles. The van der Waals surface area contributed by atoms with Gasteiger partial charge in [0, 0.05) is 19.6 Å². The Hall–Kier alpha value is -2.30. The summed E-state index contributed by atoms with van der Waals surface area (Å²) in [4.78, 5) is 12.3. The molecule has 0 aliphatic carbocycles. The first-order chi connectivity index (χ1) is 13.9. The molecule has 0 fully saturated rings. The lowest BCUT2D eigenvalue weighted by Gasteiger charge is -2.21. The summed E-state index contributed by atoms with van der Waals surface area (Å²) < 4.78 is 64.2. The predicted molar refractivity (Wildman–Crippen MR) is 111 cm³/mol. The lowest BCUT2D eigenvalue weighted by Crippen LogP contribution is -2.37. The molecular formula is C20H25FN2O5S2. The summed E-state index contributed by atoms with van der Waals surface area (Å²) in [6.07, 6.45) is 0. The van der Waals surface area contributed by atoms with Crippen molar-refractivity contribution in [1.82, 2.24) is 9.62 Å². The molecule has 10 heteroatoms. The molecule has 1 N–H and O–H groups in total. The normalized spacial score (nSPS) is 13.4. The minimum Gasteiger partial charge on any atom is -0.351 e. The van der Waals surface area contributed by atoms with Crippen molar-refractivity contribution in [1.29, 1.82) is 0 Å². The van der Waals surface area contributed by atoms with E-state index in [-0.39, 0.29) is 22.4 Å². The topological polar surface area (TPSA) is 101 Å². The first-order valence-corrected chi connectivity index (χ1v) is 12.2. The number of hydrogen-bond donors (Lipinski definition) is 1. The SMILES string of the molecule is CC(C)N(C)S(=O)(=O)c1ccc(CNC(=O)C(C)S(=O)(=O)c2ccc(F)cc2)cc1. The third kappa shape index (κ3) is 5.24. The summed E-state index contributed by atoms with van der Waals surface area (Å²) >= 11 is 0. The molecule has 0 radical (unpaired) electrons. The quantitative estimate of drug-likeness (QED) is 0.615. The van der Waals surface area contributed by atoms with Crippen molar-refractivity contribution >= 4 is 25.8 Å². The Morgan fingerprint density at radius 1 is 0.933 bits per heavy atom. The van der Waals surface area contributed by atoms with E-state index in [0.717, 1.165) is 24.3 Å². The van der Waals surface area contributed by atoms with Crippen LogP contribution in [0.4, 0.5) is 4.39 Å². The Balaban J connectivity index is 2.06. The second-order valence-electron chi connectivity index (χ2n) is 7.12. The number of nitrogens with zero attached hydrogens (tertiary/aromatic N) is 1. The summed E-state index contributed by atoms with van der Waals surface area (Å²) in [7, 11) is -6.08. The minimum atomic E-state index is -3.97. The molecule has 30 heavy (non-hydrogen) atoms. The van der Waals surface area contributed by atoms with Crippen LogP contribution in [0.1, 0.15) is 26.3 Å². The number of halogens is 1. The zero-order valence-electron chi connectivity index (χ0n) is 17.2. The van der Waals surface area contributed by atoms with Gasteiger partial charge >= 0.3 is 0 Å². The van der Waals surface area contributed by atoms with Crippen molar-refractivity contribution in [3.05, 3.63) is 59.9 Å². The van der Waals surface area contributed by atoms with Gasteiger partial charge in [-0.25, -0.2) is 21.2 Å². The van der Waals surface area contributed by atoms with Gasteiger partial charge in [-0.3, -0.25) is 4.79 Å². The van der Waals surface area contributed by atoms with E-state index < -0.39 is 36.8 Å². The van der Waals surface area contributed by atoms with Crippen LogP contribution < -0.4 is 5.32 Å². The fraction of sp³-hybridized carbons (Fsp3) is 0.350. The Labute approximate surface area is 176 Å². The van der Waals surface area contributed by atoms with Crippen LogP contribution in [0.5, 0.6) is 0 Å². The van der Waals surface area contributed by atoms with Crippen LogP contribution in [0.15, 0.2) is 58.3 Å². The first kappa shape index (κ1) is 24.0. The molecule has 0 saturated carbocycles. The van der Waals surface area contributed by atoms with Crippen molar-refractivity contribution in [3.63, 3.8) is 0 Å². The molecule has 1 unspecified atom stereocenters. The molecule has 0 heterocycles. The number of benzene rings is 2. The maximum Gasteiger partial charge on any atom is 0.243 e. The van der Waals surface area contributed by atoms with Crippen molar-refractivity contribution < 1.29 is 26.0 Å². The Morgan fingerprint density at radius 3 is 1.93 bits per heavy atom. The van der Waals surface area contributed by atoms with Crippen LogP contribution in [0, 0.1) is 5.82 Å². The summed E-state index contributed by atoms with van der Waals surface area (Å²) in [5.41, 5.74) is 0.612. The van der Waals surface area contributed by atoms with Crippen LogP contribution >= 0.6 is 0 Å². The number of amides is 1. The highest BCUT2D eigenvalue weighted by atomic mass is 32.2. The fourth-order valence-corrected chi connectivity index (χ4v) is 5.18. The van der Waals surface area contributed by atoms with E-state index in [0.29, 0.717) is 5.56 Å². The van der Waals surface area contributed by atoms with E-state index in [4.69, 9.17) is 0 Å². The average molecular weight is 457 g/mol. The fourth-order valence-electron chi connectivity index (χ4n) is 2.53. The standard InChI is InChI=1S/C20H25FN2O5S2/c1-14(2)23(4)30(27,28)19-9-5-16(6-10-19)13-22-20(24)15(3)29(25,26)18-11-7-17(21)8-12-18/h5-12,14-15H,13H2,1-4H3,(H,22,24). The molecule has 0 bridgehead atoms. The van der Waals surface area contributed by atoms with Crippen LogP contribution in [0.2, 0.25) is 0 Å². The largest absolute Gasteiger partial charge is 0.351 e. The first-order valence-electron chi connectivity index (χ1n) is 9.21. The van der Waals surface area contributed by atoms with Crippen LogP contribution in [-0.4, -0.2) is 45.4 Å². The minimum absolute atomic E-state index is 0.0302. The Morgan fingerprint density at radius 2 is 1.43 bits per heavy atom. The van der Waals surface area contributed by atoms with Crippen LogP contribution in [-0.2, 0) is 31.2 Å². The van der Waals surface area contributed by atoms with E-state index in [1.807, 2.05) is 0 Å². The molecule has 0 aliphatic heterocycles. The number of hydrogen-bond acceptors (Lipinski definition) is 5. The molecule has 2 aromatic rings. The smallest absolute Gasteiger partial charge is 0.243 e. The van der Waals surface area contributed by atoms with Gasteiger partial charge in [-0.15, -0.1) is 0 Å². The van der Waals surface area contributed by atoms with Gasteiger partial charge in [0.2, 0.25) is 15.9 Å². The van der Waals surface area contributed by atoms with E-state index in [1.54, 1.807) is 26.0 Å². The lowest BCUT2D eigenvalue weighted by molar-refractivity contribution is -0.120. The maximum atomic E-state index is 13.0. The number of rotatable bonds is 8. The third-order valence-corrected chi connectivity index (χ3v) is 8.89. The van der Waals surface area contributed by atoms with Gasteiger partial charge in [0.25, 0.3) is 0 Å². The van der Waals surface area contributed by atoms with Crippen LogP contribution in [0.25, 0.3) is 0 Å². The van der Waals surface area contributed by atoms with Gasteiger partial charge in [-0.1, -0.05) is 12.1 Å². The van der Waals surface area contributed by atoms with Gasteiger partial charge in [0.1, 0.15) is 11.1 Å². The lowest BCUT2D eigenvalue weighted by atomic mass is 10.2.